The second-order valence-electron chi connectivity index (χ2n) is 6.51. The molecule has 0 aliphatic carbocycles. The molecule has 0 aromatic heterocycles. The van der Waals surface area contributed by atoms with E-state index in [2.05, 4.69) is 48.1 Å². The number of anilines is 1. The molecule has 1 N–H and O–H groups in total. The number of benzene rings is 2. The van der Waals surface area contributed by atoms with Gasteiger partial charge in [0.2, 0.25) is 0 Å². The molecule has 0 atom stereocenters. The number of hydrogen-bond donors (Lipinski definition) is 1. The number of hydrogen-bond acceptors (Lipinski definition) is 4. The molecule has 0 unspecified atom stereocenters. The standard InChI is InChI=1S/C22H31N3O2/c1-5-25(6-2)15-14-23-22(26)20-13-12-18(16-21(20)27-4)17-24(3)19-10-8-7-9-11-19/h7-13,16H,5-6,14-15,17H2,1-4H3,(H,23,26). The van der Waals surface area contributed by atoms with Crippen molar-refractivity contribution in [1.82, 2.24) is 10.2 Å². The Hall–Kier alpha value is -2.53. The fourth-order valence-electron chi connectivity index (χ4n) is 3.03. The molecule has 0 fully saturated rings. The number of amides is 1. The van der Waals surface area contributed by atoms with Crippen LogP contribution in [0, 0.1) is 0 Å². The number of para-hydroxylation sites is 1. The number of ether oxygens (including phenoxy) is 1. The Kier molecular flexibility index (Phi) is 8.14. The summed E-state index contributed by atoms with van der Waals surface area (Å²) in [7, 11) is 3.66. The molecule has 5 heteroatoms. The van der Waals surface area contributed by atoms with E-state index < -0.39 is 0 Å². The van der Waals surface area contributed by atoms with Gasteiger partial charge in [-0.25, -0.2) is 0 Å². The van der Waals surface area contributed by atoms with Crippen molar-refractivity contribution in [2.75, 3.05) is 45.2 Å². The second-order valence-corrected chi connectivity index (χ2v) is 6.51. The summed E-state index contributed by atoms with van der Waals surface area (Å²) in [5.41, 5.74) is 2.82. The summed E-state index contributed by atoms with van der Waals surface area (Å²) in [5, 5.41) is 2.99. The fraction of sp³-hybridized carbons (Fsp3) is 0.409. The molecule has 2 aromatic carbocycles. The van der Waals surface area contributed by atoms with Crippen LogP contribution in [0.4, 0.5) is 5.69 Å². The molecule has 0 aliphatic rings. The van der Waals surface area contributed by atoms with E-state index in [1.807, 2.05) is 36.4 Å². The normalized spacial score (nSPS) is 10.7. The minimum absolute atomic E-state index is 0.0954. The van der Waals surface area contributed by atoms with Crippen LogP contribution < -0.4 is 15.0 Å². The Morgan fingerprint density at radius 1 is 1.07 bits per heavy atom. The Labute approximate surface area is 162 Å². The van der Waals surface area contributed by atoms with Crippen molar-refractivity contribution in [3.8, 4) is 5.75 Å². The smallest absolute Gasteiger partial charge is 0.255 e. The van der Waals surface area contributed by atoms with Crippen LogP contribution in [-0.2, 0) is 6.54 Å². The first kappa shape index (κ1) is 20.8. The number of nitrogens with zero attached hydrogens (tertiary/aromatic N) is 2. The van der Waals surface area contributed by atoms with Gasteiger partial charge in [0.1, 0.15) is 5.75 Å². The van der Waals surface area contributed by atoms with E-state index in [0.717, 1.165) is 37.4 Å². The van der Waals surface area contributed by atoms with Crippen LogP contribution in [0.3, 0.4) is 0 Å². The maximum absolute atomic E-state index is 12.5. The zero-order valence-corrected chi connectivity index (χ0v) is 16.9. The van der Waals surface area contributed by atoms with Gasteiger partial charge in [0.25, 0.3) is 5.91 Å². The summed E-state index contributed by atoms with van der Waals surface area (Å²) in [6, 6.07) is 16.0. The first-order valence-corrected chi connectivity index (χ1v) is 9.52. The van der Waals surface area contributed by atoms with Gasteiger partial charge in [-0.05, 0) is 42.9 Å². The van der Waals surface area contributed by atoms with Crippen molar-refractivity contribution in [2.45, 2.75) is 20.4 Å². The molecule has 0 aliphatic heterocycles. The number of rotatable bonds is 10. The van der Waals surface area contributed by atoms with E-state index in [1.54, 1.807) is 7.11 Å². The van der Waals surface area contributed by atoms with E-state index in [9.17, 15) is 4.79 Å². The summed E-state index contributed by atoms with van der Waals surface area (Å²) < 4.78 is 5.47. The highest BCUT2D eigenvalue weighted by Crippen LogP contribution is 2.22. The molecule has 2 rings (SSSR count). The number of methoxy groups -OCH3 is 1. The molecule has 2 aromatic rings. The molecule has 0 spiro atoms. The number of nitrogens with one attached hydrogen (secondary N) is 1. The SMILES string of the molecule is CCN(CC)CCNC(=O)c1ccc(CN(C)c2ccccc2)cc1OC. The summed E-state index contributed by atoms with van der Waals surface area (Å²) in [6.45, 7) is 8.44. The van der Waals surface area contributed by atoms with Crippen molar-refractivity contribution in [1.29, 1.82) is 0 Å². The Bertz CT molecular complexity index is 715. The minimum Gasteiger partial charge on any atom is -0.496 e. The van der Waals surface area contributed by atoms with Crippen molar-refractivity contribution in [3.63, 3.8) is 0 Å². The van der Waals surface area contributed by atoms with Gasteiger partial charge < -0.3 is 19.9 Å². The maximum Gasteiger partial charge on any atom is 0.255 e. The van der Waals surface area contributed by atoms with Crippen LogP contribution in [0.15, 0.2) is 48.5 Å². The van der Waals surface area contributed by atoms with E-state index in [4.69, 9.17) is 4.74 Å². The van der Waals surface area contributed by atoms with Crippen LogP contribution in [0.25, 0.3) is 0 Å². The third kappa shape index (κ3) is 6.00. The quantitative estimate of drug-likeness (QED) is 0.697. The van der Waals surface area contributed by atoms with E-state index >= 15 is 0 Å². The average Bonchev–Trinajstić information content (AvgIpc) is 2.71. The molecule has 0 radical (unpaired) electrons. The summed E-state index contributed by atoms with van der Waals surface area (Å²) in [4.78, 5) is 17.0. The monoisotopic (exact) mass is 369 g/mol. The van der Waals surface area contributed by atoms with Gasteiger partial charge in [0.05, 0.1) is 12.7 Å². The van der Waals surface area contributed by atoms with Gasteiger partial charge in [0, 0.05) is 32.4 Å². The van der Waals surface area contributed by atoms with Crippen LogP contribution in [0.5, 0.6) is 5.75 Å². The molecule has 0 bridgehead atoms. The predicted molar refractivity (Wildman–Crippen MR) is 112 cm³/mol. The highest BCUT2D eigenvalue weighted by atomic mass is 16.5. The molecular weight excluding hydrogens is 338 g/mol. The van der Waals surface area contributed by atoms with E-state index in [-0.39, 0.29) is 5.91 Å². The largest absolute Gasteiger partial charge is 0.496 e. The van der Waals surface area contributed by atoms with Crippen molar-refractivity contribution in [3.05, 3.63) is 59.7 Å². The summed E-state index contributed by atoms with van der Waals surface area (Å²) >= 11 is 0. The average molecular weight is 370 g/mol. The lowest BCUT2D eigenvalue weighted by Gasteiger charge is -2.20. The molecule has 5 nitrogen and oxygen atoms in total. The Morgan fingerprint density at radius 3 is 2.41 bits per heavy atom. The van der Waals surface area contributed by atoms with Gasteiger partial charge in [-0.3, -0.25) is 4.79 Å². The highest BCUT2D eigenvalue weighted by molar-refractivity contribution is 5.97. The van der Waals surface area contributed by atoms with Gasteiger partial charge in [-0.1, -0.05) is 38.1 Å². The summed E-state index contributed by atoms with van der Waals surface area (Å²) in [5.74, 6) is 0.510. The van der Waals surface area contributed by atoms with Crippen LogP contribution in [-0.4, -0.2) is 51.1 Å². The first-order valence-electron chi connectivity index (χ1n) is 9.52. The molecule has 0 saturated carbocycles. The predicted octanol–water partition coefficient (Wildman–Crippen LogP) is 3.40. The third-order valence-corrected chi connectivity index (χ3v) is 4.74. The summed E-state index contributed by atoms with van der Waals surface area (Å²) in [6.07, 6.45) is 0. The van der Waals surface area contributed by atoms with Crippen LogP contribution in [0.1, 0.15) is 29.8 Å². The van der Waals surface area contributed by atoms with Crippen LogP contribution in [0.2, 0.25) is 0 Å². The van der Waals surface area contributed by atoms with E-state index in [0.29, 0.717) is 17.9 Å². The zero-order valence-electron chi connectivity index (χ0n) is 16.9. The third-order valence-electron chi connectivity index (χ3n) is 4.74. The minimum atomic E-state index is -0.0954. The Morgan fingerprint density at radius 2 is 1.78 bits per heavy atom. The number of likely N-dealkylation sites (N-methyl/N-ethyl adjacent to an activating group) is 1. The lowest BCUT2D eigenvalue weighted by molar-refractivity contribution is 0.0946. The molecular formula is C22H31N3O2. The van der Waals surface area contributed by atoms with Gasteiger partial charge in [0.15, 0.2) is 0 Å². The molecule has 1 amide bonds. The van der Waals surface area contributed by atoms with Crippen LogP contribution >= 0.6 is 0 Å². The maximum atomic E-state index is 12.5. The van der Waals surface area contributed by atoms with Gasteiger partial charge in [-0.2, -0.15) is 0 Å². The lowest BCUT2D eigenvalue weighted by atomic mass is 10.1. The Balaban J connectivity index is 2.01. The van der Waals surface area contributed by atoms with Crippen molar-refractivity contribution >= 4 is 11.6 Å². The lowest BCUT2D eigenvalue weighted by Crippen LogP contribution is -2.34. The van der Waals surface area contributed by atoms with Crippen molar-refractivity contribution < 1.29 is 9.53 Å². The second kappa shape index (κ2) is 10.6. The van der Waals surface area contributed by atoms with E-state index in [1.165, 1.54) is 0 Å². The molecule has 0 heterocycles. The first-order chi connectivity index (χ1) is 13.1. The fourth-order valence-corrected chi connectivity index (χ4v) is 3.03. The van der Waals surface area contributed by atoms with Crippen molar-refractivity contribution in [2.24, 2.45) is 0 Å². The van der Waals surface area contributed by atoms with Gasteiger partial charge >= 0.3 is 0 Å². The molecule has 27 heavy (non-hydrogen) atoms. The number of carbonyl (C=O) groups excluding carboxylic acids is 1. The highest BCUT2D eigenvalue weighted by Gasteiger charge is 2.13. The number of carbonyl (C=O) groups is 1. The molecule has 0 saturated heterocycles. The topological polar surface area (TPSA) is 44.8 Å². The molecule has 146 valence electrons. The van der Waals surface area contributed by atoms with Gasteiger partial charge in [-0.15, -0.1) is 0 Å². The zero-order chi connectivity index (χ0) is 19.6.